The molecule has 2 aliphatic rings. The fraction of sp³-hybridized carbons (Fsp3) is 0.680. The summed E-state index contributed by atoms with van der Waals surface area (Å²) in [6.07, 6.45) is 4.05. The molecule has 3 rings (SSSR count). The van der Waals surface area contributed by atoms with Crippen molar-refractivity contribution in [2.45, 2.75) is 45.6 Å². The largest absolute Gasteiger partial charge is 0.379 e. The molecule has 1 saturated heterocycles. The summed E-state index contributed by atoms with van der Waals surface area (Å²) >= 11 is 0. The van der Waals surface area contributed by atoms with Gasteiger partial charge in [-0.25, -0.2) is 0 Å². The lowest BCUT2D eigenvalue weighted by atomic mass is 9.85. The summed E-state index contributed by atoms with van der Waals surface area (Å²) < 4.78 is 5.58. The Kier molecular flexibility index (Phi) is 11.4. The molecule has 0 spiro atoms. The van der Waals surface area contributed by atoms with Crippen molar-refractivity contribution in [3.05, 3.63) is 35.4 Å². The van der Waals surface area contributed by atoms with Crippen molar-refractivity contribution in [2.75, 3.05) is 60.0 Å². The van der Waals surface area contributed by atoms with Crippen LogP contribution in [0.3, 0.4) is 0 Å². The number of hydrogen-bond acceptors (Lipinski definition) is 4. The van der Waals surface area contributed by atoms with Gasteiger partial charge >= 0.3 is 0 Å². The second-order valence-corrected chi connectivity index (χ2v) is 9.34. The first-order chi connectivity index (χ1) is 15.4. The number of halogens is 1. The first kappa shape index (κ1) is 27.9. The predicted octanol–water partition coefficient (Wildman–Crippen LogP) is 3.19. The third kappa shape index (κ3) is 7.55. The zero-order valence-electron chi connectivity index (χ0n) is 20.7. The standard InChI is InChI=1S/C25H41N5O2.HI/c1-5-26-24(28-19-25(12-6-7-13-25)23(31)29(3)4)27-18-22(30-14-16-32-17-15-30)21-10-8-20(2)9-11-21;/h8-11,22H,5-7,12-19H2,1-4H3,(H2,26,27,28);1H. The van der Waals surface area contributed by atoms with Crippen LogP contribution in [0.5, 0.6) is 0 Å². The van der Waals surface area contributed by atoms with Crippen molar-refractivity contribution in [1.82, 2.24) is 20.4 Å². The van der Waals surface area contributed by atoms with E-state index in [1.54, 1.807) is 4.90 Å². The molecule has 7 nitrogen and oxygen atoms in total. The molecule has 1 aliphatic heterocycles. The molecule has 33 heavy (non-hydrogen) atoms. The van der Waals surface area contributed by atoms with Crippen molar-refractivity contribution in [3.8, 4) is 0 Å². The van der Waals surface area contributed by atoms with Crippen molar-refractivity contribution in [3.63, 3.8) is 0 Å². The highest BCUT2D eigenvalue weighted by atomic mass is 127. The van der Waals surface area contributed by atoms with Gasteiger partial charge in [-0.1, -0.05) is 42.7 Å². The van der Waals surface area contributed by atoms with Crippen LogP contribution < -0.4 is 10.6 Å². The molecule has 1 amide bonds. The Morgan fingerprint density at radius 2 is 1.79 bits per heavy atom. The van der Waals surface area contributed by atoms with Crippen molar-refractivity contribution in [2.24, 2.45) is 10.4 Å². The second kappa shape index (κ2) is 13.5. The number of nitrogens with zero attached hydrogens (tertiary/aromatic N) is 3. The number of rotatable bonds is 8. The monoisotopic (exact) mass is 571 g/mol. The molecule has 2 N–H and O–H groups in total. The number of hydrogen-bond donors (Lipinski definition) is 2. The van der Waals surface area contributed by atoms with E-state index < -0.39 is 0 Å². The fourth-order valence-electron chi connectivity index (χ4n) is 4.87. The molecular weight excluding hydrogens is 529 g/mol. The van der Waals surface area contributed by atoms with Crippen LogP contribution in [0, 0.1) is 12.3 Å². The lowest BCUT2D eigenvalue weighted by molar-refractivity contribution is -0.138. The maximum Gasteiger partial charge on any atom is 0.230 e. The third-order valence-corrected chi connectivity index (χ3v) is 6.72. The summed E-state index contributed by atoms with van der Waals surface area (Å²) in [5.41, 5.74) is 2.22. The van der Waals surface area contributed by atoms with E-state index in [2.05, 4.69) is 53.6 Å². The minimum Gasteiger partial charge on any atom is -0.379 e. The molecule has 0 aromatic heterocycles. The number of carbonyl (C=O) groups excluding carboxylic acids is 1. The highest BCUT2D eigenvalue weighted by Gasteiger charge is 2.42. The van der Waals surface area contributed by atoms with E-state index in [-0.39, 0.29) is 41.3 Å². The van der Waals surface area contributed by atoms with Crippen molar-refractivity contribution >= 4 is 35.8 Å². The van der Waals surface area contributed by atoms with Crippen LogP contribution in [0.15, 0.2) is 29.3 Å². The molecule has 8 heteroatoms. The van der Waals surface area contributed by atoms with Gasteiger partial charge in [-0.2, -0.15) is 0 Å². The molecule has 1 aliphatic carbocycles. The molecule has 1 unspecified atom stereocenters. The van der Waals surface area contributed by atoms with Crippen molar-refractivity contribution in [1.29, 1.82) is 0 Å². The van der Waals surface area contributed by atoms with Gasteiger partial charge in [-0.3, -0.25) is 14.7 Å². The SMILES string of the molecule is CCNC(=NCC1(C(=O)N(C)C)CCCC1)NCC(c1ccc(C)cc1)N1CCOCC1.I. The Morgan fingerprint density at radius 3 is 2.36 bits per heavy atom. The van der Waals surface area contributed by atoms with Crippen LogP contribution in [0.2, 0.25) is 0 Å². The van der Waals surface area contributed by atoms with E-state index >= 15 is 0 Å². The molecular formula is C25H42IN5O2. The quantitative estimate of drug-likeness (QED) is 0.285. The second-order valence-electron chi connectivity index (χ2n) is 9.34. The number of aliphatic imine (C=N–C) groups is 1. The van der Waals surface area contributed by atoms with Crippen LogP contribution in [-0.4, -0.2) is 81.7 Å². The van der Waals surface area contributed by atoms with Gasteiger partial charge in [0.05, 0.1) is 31.2 Å². The highest BCUT2D eigenvalue weighted by molar-refractivity contribution is 14.0. The minimum absolute atomic E-state index is 0. The number of guanidine groups is 1. The number of amides is 1. The third-order valence-electron chi connectivity index (χ3n) is 6.72. The summed E-state index contributed by atoms with van der Waals surface area (Å²) in [6, 6.07) is 9.05. The zero-order valence-corrected chi connectivity index (χ0v) is 23.1. The van der Waals surface area contributed by atoms with E-state index in [9.17, 15) is 4.79 Å². The average Bonchev–Trinajstić information content (AvgIpc) is 3.29. The van der Waals surface area contributed by atoms with Gasteiger partial charge in [0.25, 0.3) is 0 Å². The average molecular weight is 572 g/mol. The maximum absolute atomic E-state index is 12.9. The van der Waals surface area contributed by atoms with E-state index in [4.69, 9.17) is 9.73 Å². The van der Waals surface area contributed by atoms with Crippen LogP contribution in [0.1, 0.15) is 49.8 Å². The molecule has 1 heterocycles. The van der Waals surface area contributed by atoms with Gasteiger partial charge < -0.3 is 20.3 Å². The maximum atomic E-state index is 12.9. The number of nitrogens with one attached hydrogen (secondary N) is 2. The highest BCUT2D eigenvalue weighted by Crippen LogP contribution is 2.39. The number of benzene rings is 1. The van der Waals surface area contributed by atoms with Gasteiger partial charge in [0.15, 0.2) is 5.96 Å². The lowest BCUT2D eigenvalue weighted by Gasteiger charge is -2.35. The lowest BCUT2D eigenvalue weighted by Crippen LogP contribution is -2.47. The van der Waals surface area contributed by atoms with Crippen LogP contribution in [-0.2, 0) is 9.53 Å². The summed E-state index contributed by atoms with van der Waals surface area (Å²) in [5, 5.41) is 6.95. The Hall–Kier alpha value is -1.39. The van der Waals surface area contributed by atoms with Crippen molar-refractivity contribution < 1.29 is 9.53 Å². The molecule has 1 aromatic rings. The zero-order chi connectivity index (χ0) is 23.0. The number of carbonyl (C=O) groups is 1. The number of morpholine rings is 1. The van der Waals surface area contributed by atoms with E-state index in [0.29, 0.717) is 6.54 Å². The normalized spacial score (nSPS) is 19.5. The number of ether oxygens (including phenoxy) is 1. The van der Waals surface area contributed by atoms with E-state index in [1.165, 1.54) is 11.1 Å². The smallest absolute Gasteiger partial charge is 0.230 e. The van der Waals surface area contributed by atoms with Gasteiger partial charge in [0.1, 0.15) is 0 Å². The van der Waals surface area contributed by atoms with Crippen LogP contribution in [0.25, 0.3) is 0 Å². The fourth-order valence-corrected chi connectivity index (χ4v) is 4.87. The molecule has 1 aromatic carbocycles. The number of aryl methyl sites for hydroxylation is 1. The Balaban J connectivity index is 0.00000385. The van der Waals surface area contributed by atoms with Gasteiger partial charge in [-0.05, 0) is 32.3 Å². The van der Waals surface area contributed by atoms with Crippen LogP contribution >= 0.6 is 24.0 Å². The van der Waals surface area contributed by atoms with E-state index in [0.717, 1.165) is 71.0 Å². The molecule has 1 saturated carbocycles. The van der Waals surface area contributed by atoms with Gasteiger partial charge in [-0.15, -0.1) is 24.0 Å². The molecule has 0 radical (unpaired) electrons. The predicted molar refractivity (Wildman–Crippen MR) is 145 cm³/mol. The molecule has 2 fully saturated rings. The first-order valence-electron chi connectivity index (χ1n) is 12.1. The van der Waals surface area contributed by atoms with Crippen LogP contribution in [0.4, 0.5) is 0 Å². The Morgan fingerprint density at radius 1 is 1.15 bits per heavy atom. The van der Waals surface area contributed by atoms with Gasteiger partial charge in [0.2, 0.25) is 5.91 Å². The molecule has 0 bridgehead atoms. The first-order valence-corrected chi connectivity index (χ1v) is 12.1. The molecule has 1 atom stereocenters. The minimum atomic E-state index is -0.355. The summed E-state index contributed by atoms with van der Waals surface area (Å²) in [7, 11) is 3.70. The summed E-state index contributed by atoms with van der Waals surface area (Å²) in [5.74, 6) is 0.996. The topological polar surface area (TPSA) is 69.2 Å². The Bertz CT molecular complexity index is 757. The Labute approximate surface area is 216 Å². The summed E-state index contributed by atoms with van der Waals surface area (Å²) in [4.78, 5) is 22.0. The summed E-state index contributed by atoms with van der Waals surface area (Å²) in [6.45, 7) is 9.66. The molecule has 186 valence electrons. The van der Waals surface area contributed by atoms with Gasteiger partial charge in [0, 0.05) is 40.3 Å². The van der Waals surface area contributed by atoms with E-state index in [1.807, 2.05) is 14.1 Å².